The van der Waals surface area contributed by atoms with E-state index in [4.69, 9.17) is 0 Å². The molecule has 0 atom stereocenters. The Morgan fingerprint density at radius 3 is 2.85 bits per heavy atom. The summed E-state index contributed by atoms with van der Waals surface area (Å²) in [5.74, 6) is 0.467. The highest BCUT2D eigenvalue weighted by Gasteiger charge is 2.05. The Morgan fingerprint density at radius 2 is 2.15 bits per heavy atom. The maximum Gasteiger partial charge on any atom is 0.270 e. The average Bonchev–Trinajstić information content (AvgIpc) is 2.42. The maximum atomic E-state index is 12.8. The number of aromatic nitrogens is 1. The van der Waals surface area contributed by atoms with E-state index in [-0.39, 0.29) is 5.26 Å². The minimum absolute atomic E-state index is 0.351. The van der Waals surface area contributed by atoms with Gasteiger partial charge in [-0.1, -0.05) is 31.3 Å². The van der Waals surface area contributed by atoms with Crippen LogP contribution < -0.4 is 0 Å². The lowest BCUT2D eigenvalue weighted by Gasteiger charge is -2.03. The fraction of sp³-hybridized carbons (Fsp3) is 0.300. The second kappa shape index (κ2) is 3.07. The van der Waals surface area contributed by atoms with E-state index in [0.29, 0.717) is 5.92 Å². The zero-order valence-electron chi connectivity index (χ0n) is 7.54. The van der Waals surface area contributed by atoms with Gasteiger partial charge in [0.05, 0.1) is 10.2 Å². The van der Waals surface area contributed by atoms with Gasteiger partial charge in [0.15, 0.2) is 0 Å². The molecule has 0 saturated heterocycles. The van der Waals surface area contributed by atoms with Crippen molar-refractivity contribution in [2.75, 3.05) is 0 Å². The maximum absolute atomic E-state index is 12.8. The van der Waals surface area contributed by atoms with Crippen LogP contribution >= 0.6 is 11.3 Å². The molecule has 1 nitrogen and oxygen atoms in total. The molecule has 0 spiro atoms. The van der Waals surface area contributed by atoms with Crippen LogP contribution in [-0.2, 0) is 0 Å². The van der Waals surface area contributed by atoms with Crippen molar-refractivity contribution in [3.63, 3.8) is 0 Å². The Bertz CT molecular complexity index is 433. The molecule has 2 aromatic rings. The molecule has 1 aromatic carbocycles. The van der Waals surface area contributed by atoms with Gasteiger partial charge in [-0.25, -0.2) is 4.98 Å². The molecule has 0 aliphatic rings. The summed E-state index contributed by atoms with van der Waals surface area (Å²) in [6.45, 7) is 4.23. The number of fused-ring (bicyclic) bond motifs is 1. The minimum Gasteiger partial charge on any atom is -0.209 e. The van der Waals surface area contributed by atoms with Crippen LogP contribution in [0.1, 0.15) is 25.3 Å². The lowest BCUT2D eigenvalue weighted by Crippen LogP contribution is -1.85. The fourth-order valence-electron chi connectivity index (χ4n) is 1.28. The molecule has 0 N–H and O–H groups in total. The van der Waals surface area contributed by atoms with Crippen molar-refractivity contribution < 1.29 is 4.39 Å². The van der Waals surface area contributed by atoms with Gasteiger partial charge in [-0.15, -0.1) is 0 Å². The molecule has 0 saturated carbocycles. The molecular weight excluding hydrogens is 185 g/mol. The summed E-state index contributed by atoms with van der Waals surface area (Å²) in [4.78, 5) is 3.81. The fourth-order valence-corrected chi connectivity index (χ4v) is 1.95. The Labute approximate surface area is 80.2 Å². The number of hydrogen-bond donors (Lipinski definition) is 0. The smallest absolute Gasteiger partial charge is 0.209 e. The first kappa shape index (κ1) is 8.63. The van der Waals surface area contributed by atoms with Crippen LogP contribution in [0.3, 0.4) is 0 Å². The largest absolute Gasteiger partial charge is 0.270 e. The SMILES string of the molecule is CC(C)c1ccc2sc(F)nc2c1. The third-order valence-corrected chi connectivity index (χ3v) is 2.88. The third kappa shape index (κ3) is 1.56. The van der Waals surface area contributed by atoms with Gasteiger partial charge in [-0.2, -0.15) is 4.39 Å². The summed E-state index contributed by atoms with van der Waals surface area (Å²) in [7, 11) is 0. The highest BCUT2D eigenvalue weighted by molar-refractivity contribution is 7.17. The van der Waals surface area contributed by atoms with Crippen LogP contribution in [0.4, 0.5) is 4.39 Å². The number of rotatable bonds is 1. The van der Waals surface area contributed by atoms with E-state index in [1.165, 1.54) is 5.56 Å². The van der Waals surface area contributed by atoms with E-state index < -0.39 is 0 Å². The molecule has 1 heterocycles. The van der Waals surface area contributed by atoms with Crippen LogP contribution in [0.15, 0.2) is 18.2 Å². The van der Waals surface area contributed by atoms with Gasteiger partial charge in [-0.3, -0.25) is 0 Å². The van der Waals surface area contributed by atoms with Gasteiger partial charge in [0.25, 0.3) is 5.26 Å². The molecule has 0 aliphatic carbocycles. The van der Waals surface area contributed by atoms with Crippen LogP contribution in [-0.4, -0.2) is 4.98 Å². The molecule has 0 aliphatic heterocycles. The molecule has 0 amide bonds. The van der Waals surface area contributed by atoms with Gasteiger partial charge in [0.1, 0.15) is 0 Å². The lowest BCUT2D eigenvalue weighted by atomic mass is 10.0. The average molecular weight is 195 g/mol. The topological polar surface area (TPSA) is 12.9 Å². The molecule has 0 unspecified atom stereocenters. The summed E-state index contributed by atoms with van der Waals surface area (Å²) in [6.07, 6.45) is 0. The minimum atomic E-state index is -0.351. The predicted octanol–water partition coefficient (Wildman–Crippen LogP) is 3.56. The number of hydrogen-bond acceptors (Lipinski definition) is 2. The van der Waals surface area contributed by atoms with Crippen molar-refractivity contribution in [3.8, 4) is 0 Å². The molecule has 13 heavy (non-hydrogen) atoms. The molecule has 68 valence electrons. The van der Waals surface area contributed by atoms with Crippen molar-refractivity contribution in [2.45, 2.75) is 19.8 Å². The van der Waals surface area contributed by atoms with Crippen LogP contribution in [0.2, 0.25) is 0 Å². The summed E-state index contributed by atoms with van der Waals surface area (Å²) in [6, 6.07) is 5.93. The standard InChI is InChI=1S/C10H10FNS/c1-6(2)7-3-4-9-8(5-7)12-10(11)13-9/h3-6H,1-2H3. The van der Waals surface area contributed by atoms with Crippen LogP contribution in [0, 0.1) is 5.26 Å². The van der Waals surface area contributed by atoms with Crippen LogP contribution in [0.25, 0.3) is 10.2 Å². The Balaban J connectivity index is 2.61. The zero-order valence-corrected chi connectivity index (χ0v) is 8.36. The lowest BCUT2D eigenvalue weighted by molar-refractivity contribution is 0.620. The first-order valence-electron chi connectivity index (χ1n) is 4.23. The van der Waals surface area contributed by atoms with Gasteiger partial charge in [0.2, 0.25) is 0 Å². The first-order valence-corrected chi connectivity index (χ1v) is 5.04. The highest BCUT2D eigenvalue weighted by Crippen LogP contribution is 2.24. The number of benzene rings is 1. The Kier molecular flexibility index (Phi) is 2.04. The zero-order chi connectivity index (χ0) is 9.42. The molecule has 3 heteroatoms. The first-order chi connectivity index (χ1) is 6.16. The number of halogens is 1. The summed E-state index contributed by atoms with van der Waals surface area (Å²) >= 11 is 1.09. The van der Waals surface area contributed by atoms with Gasteiger partial charge in [0, 0.05) is 0 Å². The van der Waals surface area contributed by atoms with Gasteiger partial charge >= 0.3 is 0 Å². The van der Waals surface area contributed by atoms with Gasteiger partial charge in [-0.05, 0) is 23.6 Å². The Morgan fingerprint density at radius 1 is 1.38 bits per heavy atom. The van der Waals surface area contributed by atoms with E-state index >= 15 is 0 Å². The second-order valence-corrected chi connectivity index (χ2v) is 4.33. The van der Waals surface area contributed by atoms with Gasteiger partial charge < -0.3 is 0 Å². The quantitative estimate of drug-likeness (QED) is 0.678. The molecule has 0 radical (unpaired) electrons. The van der Waals surface area contributed by atoms with E-state index in [2.05, 4.69) is 18.8 Å². The molecule has 1 aromatic heterocycles. The summed E-state index contributed by atoms with van der Waals surface area (Å²) < 4.78 is 13.7. The Hall–Kier alpha value is -0.960. The van der Waals surface area contributed by atoms with Crippen molar-refractivity contribution in [3.05, 3.63) is 29.0 Å². The molecule has 0 bridgehead atoms. The molecule has 0 fully saturated rings. The monoisotopic (exact) mass is 195 g/mol. The van der Waals surface area contributed by atoms with E-state index in [9.17, 15) is 4.39 Å². The second-order valence-electron chi connectivity index (χ2n) is 3.35. The predicted molar refractivity (Wildman–Crippen MR) is 53.7 cm³/mol. The highest BCUT2D eigenvalue weighted by atomic mass is 32.1. The number of thiazole rings is 1. The van der Waals surface area contributed by atoms with E-state index in [0.717, 1.165) is 21.6 Å². The summed E-state index contributed by atoms with van der Waals surface area (Å²) in [5.41, 5.74) is 1.98. The summed E-state index contributed by atoms with van der Waals surface area (Å²) in [5, 5.41) is -0.351. The van der Waals surface area contributed by atoms with Crippen molar-refractivity contribution in [1.29, 1.82) is 0 Å². The molecular formula is C10H10FNS. The van der Waals surface area contributed by atoms with Crippen LogP contribution in [0.5, 0.6) is 0 Å². The molecule has 2 rings (SSSR count). The van der Waals surface area contributed by atoms with E-state index in [1.54, 1.807) is 0 Å². The van der Waals surface area contributed by atoms with Crippen molar-refractivity contribution in [2.24, 2.45) is 0 Å². The van der Waals surface area contributed by atoms with Crippen molar-refractivity contribution >= 4 is 21.6 Å². The normalized spacial score (nSPS) is 11.4. The van der Waals surface area contributed by atoms with E-state index in [1.807, 2.05) is 18.2 Å². The van der Waals surface area contributed by atoms with Crippen molar-refractivity contribution in [1.82, 2.24) is 4.98 Å². The third-order valence-electron chi connectivity index (χ3n) is 2.05. The number of nitrogens with zero attached hydrogens (tertiary/aromatic N) is 1.